The fourth-order valence-electron chi connectivity index (χ4n) is 1.26. The number of rotatable bonds is 4. The molecule has 0 amide bonds. The Morgan fingerprint density at radius 2 is 1.93 bits per heavy atom. The molecule has 0 spiro atoms. The Kier molecular flexibility index (Phi) is 3.65. The molecule has 1 atom stereocenters. The van der Waals surface area contributed by atoms with Crippen molar-refractivity contribution in [2.45, 2.75) is 38.1 Å². The highest BCUT2D eigenvalue weighted by Gasteiger charge is 2.45. The monoisotopic (exact) mass is 218 g/mol. The zero-order valence-corrected chi connectivity index (χ0v) is 8.43. The largest absolute Gasteiger partial charge is 0.479 e. The van der Waals surface area contributed by atoms with Crippen LogP contribution in [0.25, 0.3) is 0 Å². The van der Waals surface area contributed by atoms with Crippen LogP contribution in [0.1, 0.15) is 26.2 Å². The van der Waals surface area contributed by atoms with Crippen molar-refractivity contribution >= 4 is 11.9 Å². The predicted molar refractivity (Wildman–Crippen MR) is 48.4 cm³/mol. The quantitative estimate of drug-likeness (QED) is 0.666. The maximum atomic E-state index is 10.8. The van der Waals surface area contributed by atoms with Gasteiger partial charge in [0.15, 0.2) is 6.29 Å². The molecule has 1 heterocycles. The first-order valence-electron chi connectivity index (χ1n) is 4.73. The van der Waals surface area contributed by atoms with Crippen LogP contribution in [-0.4, -0.2) is 40.6 Å². The van der Waals surface area contributed by atoms with Crippen molar-refractivity contribution in [1.82, 2.24) is 0 Å². The van der Waals surface area contributed by atoms with E-state index >= 15 is 0 Å². The molecule has 1 aliphatic heterocycles. The van der Waals surface area contributed by atoms with Crippen LogP contribution in [0.3, 0.4) is 0 Å². The lowest BCUT2D eigenvalue weighted by Gasteiger charge is -2.29. The van der Waals surface area contributed by atoms with E-state index in [2.05, 4.69) is 0 Å². The van der Waals surface area contributed by atoms with Crippen LogP contribution in [0.2, 0.25) is 0 Å². The fourth-order valence-corrected chi connectivity index (χ4v) is 1.26. The molecule has 15 heavy (non-hydrogen) atoms. The summed E-state index contributed by atoms with van der Waals surface area (Å²) in [7, 11) is 0. The smallest absolute Gasteiger partial charge is 0.347 e. The number of ether oxygens (including phenoxy) is 2. The van der Waals surface area contributed by atoms with Gasteiger partial charge in [0, 0.05) is 6.61 Å². The van der Waals surface area contributed by atoms with Gasteiger partial charge >= 0.3 is 11.9 Å². The first kappa shape index (κ1) is 11.9. The summed E-state index contributed by atoms with van der Waals surface area (Å²) in [6, 6.07) is 0. The van der Waals surface area contributed by atoms with Gasteiger partial charge in [-0.2, -0.15) is 0 Å². The van der Waals surface area contributed by atoms with Gasteiger partial charge in [-0.3, -0.25) is 0 Å². The minimum Gasteiger partial charge on any atom is -0.479 e. The van der Waals surface area contributed by atoms with Crippen LogP contribution in [0, 0.1) is 0 Å². The molecular formula is C9H14O6. The molecular weight excluding hydrogens is 204 g/mol. The summed E-state index contributed by atoms with van der Waals surface area (Å²) in [6.45, 7) is 1.48. The molecule has 2 N–H and O–H groups in total. The molecule has 86 valence electrons. The topological polar surface area (TPSA) is 93.1 Å². The van der Waals surface area contributed by atoms with Crippen molar-refractivity contribution < 1.29 is 29.3 Å². The first-order valence-corrected chi connectivity index (χ1v) is 4.73. The van der Waals surface area contributed by atoms with E-state index in [9.17, 15) is 9.59 Å². The van der Waals surface area contributed by atoms with E-state index in [-0.39, 0.29) is 0 Å². The highest BCUT2D eigenvalue weighted by Crippen LogP contribution is 2.21. The number of hydrogen-bond acceptors (Lipinski definition) is 4. The molecule has 0 saturated carbocycles. The molecule has 0 bridgehead atoms. The summed E-state index contributed by atoms with van der Waals surface area (Å²) in [5, 5.41) is 17.5. The Morgan fingerprint density at radius 1 is 1.33 bits per heavy atom. The van der Waals surface area contributed by atoms with Gasteiger partial charge in [-0.05, 0) is 26.2 Å². The molecule has 1 saturated heterocycles. The van der Waals surface area contributed by atoms with Crippen molar-refractivity contribution in [1.29, 1.82) is 0 Å². The third-order valence-electron chi connectivity index (χ3n) is 2.32. The summed E-state index contributed by atoms with van der Waals surface area (Å²) < 4.78 is 10.1. The molecule has 0 aromatic heterocycles. The van der Waals surface area contributed by atoms with Crippen molar-refractivity contribution in [3.05, 3.63) is 0 Å². The van der Waals surface area contributed by atoms with E-state index in [1.165, 1.54) is 0 Å². The molecule has 6 nitrogen and oxygen atoms in total. The minimum absolute atomic E-state index is 0.472. The molecule has 1 aliphatic rings. The lowest BCUT2D eigenvalue weighted by Crippen LogP contribution is -2.49. The second-order valence-electron chi connectivity index (χ2n) is 3.56. The lowest BCUT2D eigenvalue weighted by molar-refractivity contribution is -0.232. The average Bonchev–Trinajstić information content (AvgIpc) is 2.18. The maximum Gasteiger partial charge on any atom is 0.347 e. The molecule has 0 aliphatic carbocycles. The molecule has 0 aromatic rings. The van der Waals surface area contributed by atoms with Crippen LogP contribution < -0.4 is 0 Å². The van der Waals surface area contributed by atoms with Crippen LogP contribution in [-0.2, 0) is 19.1 Å². The SMILES string of the molecule is CC(OC1CCCCO1)(C(=O)O)C(=O)O. The van der Waals surface area contributed by atoms with E-state index < -0.39 is 23.8 Å². The highest BCUT2D eigenvalue weighted by atomic mass is 16.7. The number of carboxylic acid groups (broad SMARTS) is 2. The minimum atomic E-state index is -2.23. The van der Waals surface area contributed by atoms with Crippen molar-refractivity contribution in [3.63, 3.8) is 0 Å². The van der Waals surface area contributed by atoms with Gasteiger partial charge < -0.3 is 19.7 Å². The van der Waals surface area contributed by atoms with Crippen molar-refractivity contribution in [2.24, 2.45) is 0 Å². The second kappa shape index (κ2) is 4.59. The number of aliphatic carboxylic acids is 2. The third kappa shape index (κ3) is 2.66. The number of carbonyl (C=O) groups is 2. The van der Waals surface area contributed by atoms with Gasteiger partial charge in [0.2, 0.25) is 0 Å². The maximum absolute atomic E-state index is 10.8. The normalized spacial score (nSPS) is 22.3. The highest BCUT2D eigenvalue weighted by molar-refractivity contribution is 6.01. The Labute approximate surface area is 86.8 Å². The Balaban J connectivity index is 2.65. The Morgan fingerprint density at radius 3 is 2.33 bits per heavy atom. The standard InChI is InChI=1S/C9H14O6/c1-9(7(10)11,8(12)13)15-6-4-2-3-5-14-6/h6H,2-5H2,1H3,(H,10,11)(H,12,13). The lowest BCUT2D eigenvalue weighted by atomic mass is 10.1. The van der Waals surface area contributed by atoms with Crippen molar-refractivity contribution in [2.75, 3.05) is 6.61 Å². The predicted octanol–water partition coefficient (Wildman–Crippen LogP) is 0.457. The molecule has 1 unspecified atom stereocenters. The van der Waals surface area contributed by atoms with E-state index in [0.29, 0.717) is 13.0 Å². The molecule has 1 fully saturated rings. The number of hydrogen-bond donors (Lipinski definition) is 2. The van der Waals surface area contributed by atoms with Crippen LogP contribution in [0.4, 0.5) is 0 Å². The van der Waals surface area contributed by atoms with Gasteiger partial charge in [-0.25, -0.2) is 9.59 Å². The zero-order valence-electron chi connectivity index (χ0n) is 8.43. The van der Waals surface area contributed by atoms with Gasteiger partial charge in [0.25, 0.3) is 5.60 Å². The van der Waals surface area contributed by atoms with E-state index in [1.807, 2.05) is 0 Å². The number of carboxylic acids is 2. The van der Waals surface area contributed by atoms with Crippen molar-refractivity contribution in [3.8, 4) is 0 Å². The summed E-state index contributed by atoms with van der Waals surface area (Å²) >= 11 is 0. The Bertz CT molecular complexity index is 241. The summed E-state index contributed by atoms with van der Waals surface area (Å²) in [5.74, 6) is -3.05. The first-order chi connectivity index (χ1) is 6.97. The van der Waals surface area contributed by atoms with E-state index in [4.69, 9.17) is 19.7 Å². The summed E-state index contributed by atoms with van der Waals surface area (Å²) in [6.07, 6.45) is 1.52. The summed E-state index contributed by atoms with van der Waals surface area (Å²) in [5.41, 5.74) is -2.23. The molecule has 0 aromatic carbocycles. The van der Waals surface area contributed by atoms with Crippen LogP contribution >= 0.6 is 0 Å². The third-order valence-corrected chi connectivity index (χ3v) is 2.32. The van der Waals surface area contributed by atoms with Gasteiger partial charge in [-0.15, -0.1) is 0 Å². The van der Waals surface area contributed by atoms with E-state index in [1.54, 1.807) is 0 Å². The zero-order chi connectivity index (χ0) is 11.5. The second-order valence-corrected chi connectivity index (χ2v) is 3.56. The average molecular weight is 218 g/mol. The van der Waals surface area contributed by atoms with E-state index in [0.717, 1.165) is 19.8 Å². The van der Waals surface area contributed by atoms with Gasteiger partial charge in [0.05, 0.1) is 0 Å². The van der Waals surface area contributed by atoms with Gasteiger partial charge in [0.1, 0.15) is 0 Å². The van der Waals surface area contributed by atoms with Crippen LogP contribution in [0.5, 0.6) is 0 Å². The van der Waals surface area contributed by atoms with Gasteiger partial charge in [-0.1, -0.05) is 0 Å². The molecule has 0 radical (unpaired) electrons. The fraction of sp³-hybridized carbons (Fsp3) is 0.778. The summed E-state index contributed by atoms with van der Waals surface area (Å²) in [4.78, 5) is 21.6. The molecule has 1 rings (SSSR count). The van der Waals surface area contributed by atoms with Crippen LogP contribution in [0.15, 0.2) is 0 Å². The Hall–Kier alpha value is -1.14. The molecule has 6 heteroatoms.